The number of benzene rings is 1. The summed E-state index contributed by atoms with van der Waals surface area (Å²) in [5.74, 6) is 0.0669. The van der Waals surface area contributed by atoms with Gasteiger partial charge in [0.15, 0.2) is 0 Å². The van der Waals surface area contributed by atoms with Gasteiger partial charge in [-0.15, -0.1) is 0 Å². The summed E-state index contributed by atoms with van der Waals surface area (Å²) in [6.07, 6.45) is 1.39. The highest BCUT2D eigenvalue weighted by molar-refractivity contribution is 5.69. The van der Waals surface area contributed by atoms with Crippen molar-refractivity contribution in [2.24, 2.45) is 0 Å². The molecule has 0 aliphatic heterocycles. The van der Waals surface area contributed by atoms with Crippen LogP contribution in [0.3, 0.4) is 0 Å². The fourth-order valence-corrected chi connectivity index (χ4v) is 1.42. The molecule has 1 heterocycles. The monoisotopic (exact) mass is 203 g/mol. The van der Waals surface area contributed by atoms with Gasteiger partial charge in [0.25, 0.3) is 0 Å². The second-order valence-corrected chi connectivity index (χ2v) is 3.07. The van der Waals surface area contributed by atoms with Gasteiger partial charge in [0.1, 0.15) is 5.75 Å². The number of aromatic nitrogens is 1. The van der Waals surface area contributed by atoms with Crippen LogP contribution in [0.5, 0.6) is 5.75 Å². The van der Waals surface area contributed by atoms with Gasteiger partial charge in [0.05, 0.1) is 13.3 Å². The van der Waals surface area contributed by atoms with Gasteiger partial charge < -0.3 is 4.74 Å². The van der Waals surface area contributed by atoms with E-state index in [1.54, 1.807) is 7.11 Å². The highest BCUT2D eigenvalue weighted by Crippen LogP contribution is 2.28. The summed E-state index contributed by atoms with van der Waals surface area (Å²) >= 11 is 0. The van der Waals surface area contributed by atoms with Crippen molar-refractivity contribution in [3.8, 4) is 16.9 Å². The third kappa shape index (κ3) is 1.96. The molecule has 0 unspecified atom stereocenters. The summed E-state index contributed by atoms with van der Waals surface area (Å²) in [6.45, 7) is 0. The Morgan fingerprint density at radius 1 is 1.20 bits per heavy atom. The van der Waals surface area contributed by atoms with Crippen molar-refractivity contribution in [3.05, 3.63) is 48.5 Å². The zero-order valence-electron chi connectivity index (χ0n) is 8.27. The normalized spacial score (nSPS) is 10.0. The van der Waals surface area contributed by atoms with Crippen molar-refractivity contribution in [2.45, 2.75) is 0 Å². The number of halogens is 1. The lowest BCUT2D eigenvalue weighted by molar-refractivity contribution is 0.412. The van der Waals surface area contributed by atoms with Crippen LogP contribution in [0.2, 0.25) is 0 Å². The molecular formula is C12H10FNO. The molecule has 3 heteroatoms. The third-order valence-electron chi connectivity index (χ3n) is 2.14. The van der Waals surface area contributed by atoms with Crippen LogP contribution in [0.1, 0.15) is 0 Å². The van der Waals surface area contributed by atoms with Gasteiger partial charge >= 0.3 is 0 Å². The fourth-order valence-electron chi connectivity index (χ4n) is 1.42. The van der Waals surface area contributed by atoms with E-state index in [0.717, 1.165) is 5.56 Å². The molecule has 0 aliphatic rings. The molecule has 1 aromatic heterocycles. The number of ether oxygens (including phenoxy) is 1. The van der Waals surface area contributed by atoms with E-state index in [9.17, 15) is 4.39 Å². The summed E-state index contributed by atoms with van der Waals surface area (Å²) in [6, 6.07) is 10.9. The first-order valence-electron chi connectivity index (χ1n) is 4.56. The lowest BCUT2D eigenvalue weighted by Crippen LogP contribution is -1.91. The average molecular weight is 203 g/mol. The number of nitrogens with zero attached hydrogens (tertiary/aromatic N) is 1. The van der Waals surface area contributed by atoms with Gasteiger partial charge in [-0.25, -0.2) is 4.98 Å². The Bertz CT molecular complexity index is 456. The van der Waals surface area contributed by atoms with Crippen molar-refractivity contribution in [3.63, 3.8) is 0 Å². The standard InChI is InChI=1S/C12H10FNO/c1-15-11-8-14-12(13)7-10(11)9-5-3-2-4-6-9/h2-8H,1H3. The van der Waals surface area contributed by atoms with Gasteiger partial charge in [-0.3, -0.25) is 0 Å². The minimum absolute atomic E-state index is 0.505. The first kappa shape index (κ1) is 9.65. The van der Waals surface area contributed by atoms with E-state index in [-0.39, 0.29) is 0 Å². The molecule has 0 saturated carbocycles. The summed E-state index contributed by atoms with van der Waals surface area (Å²) in [5.41, 5.74) is 1.63. The predicted octanol–water partition coefficient (Wildman–Crippen LogP) is 2.90. The molecule has 0 saturated heterocycles. The molecule has 0 atom stereocenters. The number of hydrogen-bond acceptors (Lipinski definition) is 2. The lowest BCUT2D eigenvalue weighted by atomic mass is 10.1. The molecule has 0 N–H and O–H groups in total. The number of methoxy groups -OCH3 is 1. The number of hydrogen-bond donors (Lipinski definition) is 0. The van der Waals surface area contributed by atoms with Crippen LogP contribution in [-0.2, 0) is 0 Å². The summed E-state index contributed by atoms with van der Waals surface area (Å²) in [5, 5.41) is 0. The van der Waals surface area contributed by atoms with Crippen LogP contribution >= 0.6 is 0 Å². The molecule has 0 aliphatic carbocycles. The van der Waals surface area contributed by atoms with Crippen LogP contribution in [-0.4, -0.2) is 12.1 Å². The molecule has 76 valence electrons. The van der Waals surface area contributed by atoms with Crippen molar-refractivity contribution in [1.29, 1.82) is 0 Å². The molecule has 0 amide bonds. The molecule has 2 rings (SSSR count). The molecule has 0 fully saturated rings. The van der Waals surface area contributed by atoms with Crippen molar-refractivity contribution in [2.75, 3.05) is 7.11 Å². The molecule has 15 heavy (non-hydrogen) atoms. The molecule has 0 spiro atoms. The van der Waals surface area contributed by atoms with E-state index < -0.39 is 5.95 Å². The summed E-state index contributed by atoms with van der Waals surface area (Å²) in [4.78, 5) is 3.54. The molecule has 0 radical (unpaired) electrons. The Balaban J connectivity index is 2.56. The Hall–Kier alpha value is -1.90. The smallest absolute Gasteiger partial charge is 0.213 e. The maximum absolute atomic E-state index is 13.0. The zero-order valence-corrected chi connectivity index (χ0v) is 8.27. The minimum atomic E-state index is -0.505. The molecule has 2 nitrogen and oxygen atoms in total. The van der Waals surface area contributed by atoms with Gasteiger partial charge in [-0.2, -0.15) is 4.39 Å². The lowest BCUT2D eigenvalue weighted by Gasteiger charge is -2.07. The van der Waals surface area contributed by atoms with Gasteiger partial charge in [0, 0.05) is 11.6 Å². The maximum Gasteiger partial charge on any atom is 0.213 e. The topological polar surface area (TPSA) is 22.1 Å². The number of rotatable bonds is 2. The average Bonchev–Trinajstić information content (AvgIpc) is 2.30. The van der Waals surface area contributed by atoms with Crippen LogP contribution in [0.25, 0.3) is 11.1 Å². The quantitative estimate of drug-likeness (QED) is 0.700. The Morgan fingerprint density at radius 3 is 2.60 bits per heavy atom. The maximum atomic E-state index is 13.0. The van der Waals surface area contributed by atoms with E-state index in [2.05, 4.69) is 4.98 Å². The van der Waals surface area contributed by atoms with E-state index >= 15 is 0 Å². The first-order valence-corrected chi connectivity index (χ1v) is 4.56. The minimum Gasteiger partial charge on any atom is -0.494 e. The van der Waals surface area contributed by atoms with Crippen LogP contribution in [0.15, 0.2) is 42.6 Å². The van der Waals surface area contributed by atoms with Crippen LogP contribution in [0, 0.1) is 5.95 Å². The Kier molecular flexibility index (Phi) is 2.63. The third-order valence-corrected chi connectivity index (χ3v) is 2.14. The van der Waals surface area contributed by atoms with E-state index in [0.29, 0.717) is 11.3 Å². The molecule has 2 aromatic rings. The van der Waals surface area contributed by atoms with E-state index in [1.807, 2.05) is 30.3 Å². The van der Waals surface area contributed by atoms with Crippen LogP contribution in [0.4, 0.5) is 4.39 Å². The highest BCUT2D eigenvalue weighted by Gasteiger charge is 2.07. The highest BCUT2D eigenvalue weighted by atomic mass is 19.1. The number of pyridine rings is 1. The van der Waals surface area contributed by atoms with E-state index in [1.165, 1.54) is 12.3 Å². The second kappa shape index (κ2) is 4.09. The Labute approximate surface area is 87.4 Å². The predicted molar refractivity (Wildman–Crippen MR) is 56.2 cm³/mol. The van der Waals surface area contributed by atoms with Crippen LogP contribution < -0.4 is 4.74 Å². The fraction of sp³-hybridized carbons (Fsp3) is 0.0833. The first-order chi connectivity index (χ1) is 7.31. The zero-order chi connectivity index (χ0) is 10.7. The van der Waals surface area contributed by atoms with Crippen molar-refractivity contribution in [1.82, 2.24) is 4.98 Å². The summed E-state index contributed by atoms with van der Waals surface area (Å²) < 4.78 is 18.1. The Morgan fingerprint density at radius 2 is 1.93 bits per heavy atom. The largest absolute Gasteiger partial charge is 0.494 e. The molecule has 0 bridgehead atoms. The van der Waals surface area contributed by atoms with Gasteiger partial charge in [-0.05, 0) is 5.56 Å². The summed E-state index contributed by atoms with van der Waals surface area (Å²) in [7, 11) is 1.54. The van der Waals surface area contributed by atoms with Gasteiger partial charge in [0.2, 0.25) is 5.95 Å². The molecule has 1 aromatic carbocycles. The molecular weight excluding hydrogens is 193 g/mol. The van der Waals surface area contributed by atoms with E-state index in [4.69, 9.17) is 4.74 Å². The second-order valence-electron chi connectivity index (χ2n) is 3.07. The SMILES string of the molecule is COc1cnc(F)cc1-c1ccccc1. The van der Waals surface area contributed by atoms with Crippen molar-refractivity contribution >= 4 is 0 Å². The van der Waals surface area contributed by atoms with Crippen molar-refractivity contribution < 1.29 is 9.13 Å². The van der Waals surface area contributed by atoms with Gasteiger partial charge in [-0.1, -0.05) is 30.3 Å².